The molecule has 4 rings (SSSR count). The highest BCUT2D eigenvalue weighted by Gasteiger charge is 2.21. The van der Waals surface area contributed by atoms with Gasteiger partial charge in [0.25, 0.3) is 5.91 Å². The molecule has 0 spiro atoms. The second-order valence-corrected chi connectivity index (χ2v) is 8.29. The second-order valence-electron chi connectivity index (χ2n) is 7.28. The molecule has 9 heteroatoms. The molecule has 32 heavy (non-hydrogen) atoms. The van der Waals surface area contributed by atoms with E-state index in [9.17, 15) is 4.79 Å². The Hall–Kier alpha value is -2.39. The van der Waals surface area contributed by atoms with Gasteiger partial charge in [-0.3, -0.25) is 14.6 Å². The largest absolute Gasteiger partial charge is 0.497 e. The summed E-state index contributed by atoms with van der Waals surface area (Å²) in [4.78, 5) is 21.9. The van der Waals surface area contributed by atoms with Gasteiger partial charge in [0.1, 0.15) is 11.5 Å². The first-order chi connectivity index (χ1) is 15.2. The predicted octanol–water partition coefficient (Wildman–Crippen LogP) is 3.86. The van der Waals surface area contributed by atoms with Crippen LogP contribution in [0.15, 0.2) is 48.5 Å². The molecule has 0 radical (unpaired) electrons. The van der Waals surface area contributed by atoms with Crippen LogP contribution in [0.25, 0.3) is 10.2 Å². The smallest absolute Gasteiger partial charge is 0.266 e. The highest BCUT2D eigenvalue weighted by molar-refractivity contribution is 7.22. The number of hydrogen-bond donors (Lipinski definition) is 0. The van der Waals surface area contributed by atoms with E-state index in [-0.39, 0.29) is 24.9 Å². The van der Waals surface area contributed by atoms with Crippen LogP contribution in [-0.2, 0) is 9.53 Å². The van der Waals surface area contributed by atoms with Crippen molar-refractivity contribution >= 4 is 45.0 Å². The van der Waals surface area contributed by atoms with Crippen LogP contribution >= 0.6 is 23.7 Å². The first-order valence-electron chi connectivity index (χ1n) is 10.5. The lowest BCUT2D eigenvalue weighted by Gasteiger charge is -2.27. The minimum absolute atomic E-state index is 0. The lowest BCUT2D eigenvalue weighted by atomic mass is 10.3. The quantitative estimate of drug-likeness (QED) is 0.466. The number of ether oxygens (including phenoxy) is 3. The molecule has 1 fully saturated rings. The molecule has 0 atom stereocenters. The standard InChI is InChI=1S/C23H27N3O4S.ClH/c1-28-19-8-9-20-21(16-19)31-23(24-20)26(11-5-10-25-12-14-29-15-13-25)22(27)17-30-18-6-3-2-4-7-18;/h2-4,6-9,16H,5,10-15,17H2,1H3;1H. The molecule has 1 amide bonds. The number of carbonyl (C=O) groups excluding carboxylic acids is 1. The molecule has 1 aliphatic heterocycles. The molecule has 0 saturated carbocycles. The van der Waals surface area contributed by atoms with Gasteiger partial charge in [0.15, 0.2) is 11.7 Å². The first kappa shape index (κ1) is 24.3. The summed E-state index contributed by atoms with van der Waals surface area (Å²) in [6.07, 6.45) is 0.857. The van der Waals surface area contributed by atoms with Crippen LogP contribution in [0.1, 0.15) is 6.42 Å². The van der Waals surface area contributed by atoms with Gasteiger partial charge in [-0.25, -0.2) is 4.98 Å². The van der Waals surface area contributed by atoms with Crippen LogP contribution in [0.5, 0.6) is 11.5 Å². The zero-order valence-corrected chi connectivity index (χ0v) is 19.7. The molecule has 2 aromatic carbocycles. The molecule has 1 aliphatic rings. The van der Waals surface area contributed by atoms with Crippen molar-refractivity contribution in [2.45, 2.75) is 6.42 Å². The van der Waals surface area contributed by atoms with Gasteiger partial charge >= 0.3 is 0 Å². The average molecular weight is 478 g/mol. The van der Waals surface area contributed by atoms with Crippen LogP contribution in [0.4, 0.5) is 5.13 Å². The molecule has 172 valence electrons. The Kier molecular flexibility index (Phi) is 9.11. The number of morpholine rings is 1. The summed E-state index contributed by atoms with van der Waals surface area (Å²) >= 11 is 1.50. The highest BCUT2D eigenvalue weighted by atomic mass is 35.5. The summed E-state index contributed by atoms with van der Waals surface area (Å²) < 4.78 is 17.4. The summed E-state index contributed by atoms with van der Waals surface area (Å²) in [5.74, 6) is 1.36. The lowest BCUT2D eigenvalue weighted by molar-refractivity contribution is -0.120. The molecule has 0 bridgehead atoms. The Morgan fingerprint density at radius 1 is 1.16 bits per heavy atom. The van der Waals surface area contributed by atoms with E-state index >= 15 is 0 Å². The zero-order valence-electron chi connectivity index (χ0n) is 18.1. The number of halogens is 1. The number of benzene rings is 2. The maximum Gasteiger partial charge on any atom is 0.266 e. The number of thiazole rings is 1. The Bertz CT molecular complexity index is 995. The van der Waals surface area contributed by atoms with Crippen LogP contribution < -0.4 is 14.4 Å². The predicted molar refractivity (Wildman–Crippen MR) is 130 cm³/mol. The second kappa shape index (κ2) is 12.0. The van der Waals surface area contributed by atoms with Gasteiger partial charge < -0.3 is 14.2 Å². The van der Waals surface area contributed by atoms with E-state index in [1.165, 1.54) is 11.3 Å². The fourth-order valence-corrected chi connectivity index (χ4v) is 4.52. The van der Waals surface area contributed by atoms with Crippen molar-refractivity contribution in [1.29, 1.82) is 0 Å². The third kappa shape index (κ3) is 6.32. The molecule has 7 nitrogen and oxygen atoms in total. The van der Waals surface area contributed by atoms with Gasteiger partial charge in [-0.1, -0.05) is 29.5 Å². The van der Waals surface area contributed by atoms with Crippen molar-refractivity contribution in [3.8, 4) is 11.5 Å². The number of rotatable bonds is 9. The summed E-state index contributed by atoms with van der Waals surface area (Å²) in [5.41, 5.74) is 0.857. The van der Waals surface area contributed by atoms with Crippen molar-refractivity contribution in [1.82, 2.24) is 9.88 Å². The Morgan fingerprint density at radius 2 is 1.94 bits per heavy atom. The van der Waals surface area contributed by atoms with E-state index in [1.807, 2.05) is 48.5 Å². The minimum Gasteiger partial charge on any atom is -0.497 e. The van der Waals surface area contributed by atoms with Crippen molar-refractivity contribution < 1.29 is 19.0 Å². The zero-order chi connectivity index (χ0) is 21.5. The molecule has 3 aromatic rings. The lowest BCUT2D eigenvalue weighted by Crippen LogP contribution is -2.40. The number of fused-ring (bicyclic) bond motifs is 1. The number of hydrogen-bond acceptors (Lipinski definition) is 7. The molecule has 1 aromatic heterocycles. The maximum atomic E-state index is 13.1. The Morgan fingerprint density at radius 3 is 2.69 bits per heavy atom. The molecule has 0 unspecified atom stereocenters. The Labute approximate surface area is 198 Å². The summed E-state index contributed by atoms with van der Waals surface area (Å²) in [6, 6.07) is 15.1. The van der Waals surface area contributed by atoms with E-state index in [0.717, 1.165) is 55.2 Å². The van der Waals surface area contributed by atoms with Crippen LogP contribution in [0, 0.1) is 0 Å². The van der Waals surface area contributed by atoms with E-state index in [1.54, 1.807) is 12.0 Å². The molecular formula is C23H28ClN3O4S. The molecule has 1 saturated heterocycles. The first-order valence-corrected chi connectivity index (χ1v) is 11.3. The van der Waals surface area contributed by atoms with Crippen LogP contribution in [0.2, 0.25) is 0 Å². The summed E-state index contributed by atoms with van der Waals surface area (Å²) in [5, 5.41) is 0.687. The fourth-order valence-electron chi connectivity index (χ4n) is 3.48. The molecule has 2 heterocycles. The van der Waals surface area contributed by atoms with E-state index < -0.39 is 0 Å². The number of aromatic nitrogens is 1. The van der Waals surface area contributed by atoms with Gasteiger partial charge in [-0.2, -0.15) is 0 Å². The monoisotopic (exact) mass is 477 g/mol. The number of nitrogens with zero attached hydrogens (tertiary/aromatic N) is 3. The van der Waals surface area contributed by atoms with Gasteiger partial charge in [0, 0.05) is 26.2 Å². The van der Waals surface area contributed by atoms with Crippen molar-refractivity contribution in [2.24, 2.45) is 0 Å². The summed E-state index contributed by atoms with van der Waals surface area (Å²) in [7, 11) is 1.64. The van der Waals surface area contributed by atoms with E-state index in [2.05, 4.69) is 4.90 Å². The molecule has 0 N–H and O–H groups in total. The van der Waals surface area contributed by atoms with Crippen molar-refractivity contribution in [3.63, 3.8) is 0 Å². The van der Waals surface area contributed by atoms with Crippen LogP contribution in [-0.4, -0.2) is 68.9 Å². The van der Waals surface area contributed by atoms with Crippen LogP contribution in [0.3, 0.4) is 0 Å². The molecule has 0 aliphatic carbocycles. The SMILES string of the molecule is COc1ccc2nc(N(CCCN3CCOCC3)C(=O)COc3ccccc3)sc2c1.Cl. The van der Waals surface area contributed by atoms with Gasteiger partial charge in [-0.15, -0.1) is 12.4 Å². The third-order valence-electron chi connectivity index (χ3n) is 5.18. The third-order valence-corrected chi connectivity index (χ3v) is 6.22. The fraction of sp³-hybridized carbons (Fsp3) is 0.391. The highest BCUT2D eigenvalue weighted by Crippen LogP contribution is 2.31. The number of amides is 1. The minimum atomic E-state index is -0.100. The topological polar surface area (TPSA) is 64.1 Å². The van der Waals surface area contributed by atoms with E-state index in [4.69, 9.17) is 19.2 Å². The Balaban J connectivity index is 0.00000289. The normalized spacial score (nSPS) is 14.0. The number of anilines is 1. The number of methoxy groups -OCH3 is 1. The number of carbonyl (C=O) groups is 1. The summed E-state index contributed by atoms with van der Waals surface area (Å²) in [6.45, 7) is 4.90. The van der Waals surface area contributed by atoms with Gasteiger partial charge in [0.05, 0.1) is 30.5 Å². The molecular weight excluding hydrogens is 450 g/mol. The maximum absolute atomic E-state index is 13.1. The van der Waals surface area contributed by atoms with Crippen molar-refractivity contribution in [3.05, 3.63) is 48.5 Å². The number of para-hydroxylation sites is 1. The van der Waals surface area contributed by atoms with E-state index in [0.29, 0.717) is 17.4 Å². The van der Waals surface area contributed by atoms with Gasteiger partial charge in [-0.05, 0) is 36.8 Å². The van der Waals surface area contributed by atoms with Crippen molar-refractivity contribution in [2.75, 3.05) is 58.0 Å². The average Bonchev–Trinajstić information content (AvgIpc) is 3.24. The van der Waals surface area contributed by atoms with Gasteiger partial charge in [0.2, 0.25) is 0 Å².